The number of carbonyl (C=O) groups excluding carboxylic acids is 1. The summed E-state index contributed by atoms with van der Waals surface area (Å²) in [6.07, 6.45) is 1.58. The van der Waals surface area contributed by atoms with Crippen LogP contribution in [0.5, 0.6) is 5.75 Å². The molecule has 2 nitrogen and oxygen atoms in total. The normalized spacial score (nSPS) is 8.93. The first kappa shape index (κ1) is 11.8. The topological polar surface area (TPSA) is 26.3 Å². The van der Waals surface area contributed by atoms with E-state index in [1.807, 2.05) is 6.92 Å². The van der Waals surface area contributed by atoms with Gasteiger partial charge in [-0.3, -0.25) is 4.79 Å². The summed E-state index contributed by atoms with van der Waals surface area (Å²) in [7, 11) is 0. The van der Waals surface area contributed by atoms with E-state index in [0.717, 1.165) is 17.2 Å². The summed E-state index contributed by atoms with van der Waals surface area (Å²) in [6, 6.07) is 5.27. The molecule has 0 amide bonds. The molecule has 0 unspecified atom stereocenters. The number of halogens is 1. The molecule has 0 spiro atoms. The van der Waals surface area contributed by atoms with Crippen molar-refractivity contribution in [1.82, 2.24) is 0 Å². The Morgan fingerprint density at radius 1 is 1.47 bits per heavy atom. The van der Waals surface area contributed by atoms with E-state index in [-0.39, 0.29) is 0 Å². The summed E-state index contributed by atoms with van der Waals surface area (Å²) < 4.78 is 6.26. The highest BCUT2D eigenvalue weighted by Crippen LogP contribution is 2.22. The van der Waals surface area contributed by atoms with Gasteiger partial charge >= 0.3 is 0 Å². The maximum Gasteiger partial charge on any atom is 0.153 e. The van der Waals surface area contributed by atoms with Crippen molar-refractivity contribution in [3.63, 3.8) is 0 Å². The number of carbonyl (C=O) groups is 1. The third kappa shape index (κ3) is 3.77. The van der Waals surface area contributed by atoms with Gasteiger partial charge in [0.1, 0.15) is 12.4 Å². The zero-order valence-corrected chi connectivity index (χ0v) is 10.0. The smallest absolute Gasteiger partial charge is 0.153 e. The van der Waals surface area contributed by atoms with Crippen molar-refractivity contribution in [1.29, 1.82) is 0 Å². The molecule has 1 aromatic rings. The largest absolute Gasteiger partial charge is 0.480 e. The highest BCUT2D eigenvalue weighted by molar-refractivity contribution is 9.10. The second-order valence-corrected chi connectivity index (χ2v) is 3.71. The van der Waals surface area contributed by atoms with Crippen LogP contribution in [0, 0.1) is 11.8 Å². The van der Waals surface area contributed by atoms with Crippen molar-refractivity contribution < 1.29 is 9.53 Å². The van der Waals surface area contributed by atoms with E-state index in [1.54, 1.807) is 18.2 Å². The summed E-state index contributed by atoms with van der Waals surface area (Å²) in [5.41, 5.74) is 0.538. The van der Waals surface area contributed by atoms with Crippen molar-refractivity contribution in [3.8, 4) is 17.6 Å². The summed E-state index contributed by atoms with van der Waals surface area (Å²) in [6.45, 7) is 2.29. The average Bonchev–Trinajstić information content (AvgIpc) is 2.25. The van der Waals surface area contributed by atoms with Gasteiger partial charge in [0.25, 0.3) is 0 Å². The SMILES string of the molecule is CCC#CCOc1cc(Br)ccc1C=O. The minimum atomic E-state index is 0.311. The molecular formula is C12H11BrO2. The van der Waals surface area contributed by atoms with Crippen LogP contribution >= 0.6 is 15.9 Å². The van der Waals surface area contributed by atoms with E-state index >= 15 is 0 Å². The number of ether oxygens (including phenoxy) is 1. The molecule has 0 fully saturated rings. The average molecular weight is 267 g/mol. The Hall–Kier alpha value is -1.27. The lowest BCUT2D eigenvalue weighted by molar-refractivity contribution is 0.112. The molecule has 0 aliphatic heterocycles. The van der Waals surface area contributed by atoms with E-state index in [1.165, 1.54) is 0 Å². The van der Waals surface area contributed by atoms with Crippen LogP contribution in [0.15, 0.2) is 22.7 Å². The van der Waals surface area contributed by atoms with Crippen LogP contribution in [0.25, 0.3) is 0 Å². The Morgan fingerprint density at radius 2 is 2.27 bits per heavy atom. The molecule has 1 aromatic carbocycles. The van der Waals surface area contributed by atoms with E-state index in [0.29, 0.717) is 17.9 Å². The van der Waals surface area contributed by atoms with Crippen molar-refractivity contribution in [3.05, 3.63) is 28.2 Å². The Bertz CT molecular complexity index is 402. The second kappa shape index (κ2) is 6.26. The van der Waals surface area contributed by atoms with Crippen LogP contribution < -0.4 is 4.74 Å². The van der Waals surface area contributed by atoms with Crippen LogP contribution in [0.3, 0.4) is 0 Å². The predicted molar refractivity (Wildman–Crippen MR) is 63.1 cm³/mol. The van der Waals surface area contributed by atoms with Crippen LogP contribution in [0.1, 0.15) is 23.7 Å². The maximum atomic E-state index is 10.7. The lowest BCUT2D eigenvalue weighted by atomic mass is 10.2. The third-order valence-electron chi connectivity index (χ3n) is 1.70. The first-order chi connectivity index (χ1) is 7.27. The van der Waals surface area contributed by atoms with Crippen LogP contribution in [0.4, 0.5) is 0 Å². The van der Waals surface area contributed by atoms with Crippen LogP contribution in [-0.4, -0.2) is 12.9 Å². The van der Waals surface area contributed by atoms with Gasteiger partial charge in [0, 0.05) is 10.9 Å². The molecule has 0 aliphatic carbocycles. The summed E-state index contributed by atoms with van der Waals surface area (Å²) in [5, 5.41) is 0. The number of benzene rings is 1. The van der Waals surface area contributed by atoms with Gasteiger partial charge in [0.05, 0.1) is 5.56 Å². The fraction of sp³-hybridized carbons (Fsp3) is 0.250. The molecule has 0 aromatic heterocycles. The number of hydrogen-bond donors (Lipinski definition) is 0. The van der Waals surface area contributed by atoms with Gasteiger partial charge in [-0.2, -0.15) is 0 Å². The third-order valence-corrected chi connectivity index (χ3v) is 2.20. The van der Waals surface area contributed by atoms with E-state index < -0.39 is 0 Å². The lowest BCUT2D eigenvalue weighted by Gasteiger charge is -2.05. The number of aldehydes is 1. The second-order valence-electron chi connectivity index (χ2n) is 2.80. The first-order valence-corrected chi connectivity index (χ1v) is 5.40. The van der Waals surface area contributed by atoms with Gasteiger partial charge in [0.15, 0.2) is 6.29 Å². The van der Waals surface area contributed by atoms with Crippen LogP contribution in [0.2, 0.25) is 0 Å². The number of hydrogen-bond acceptors (Lipinski definition) is 2. The zero-order valence-electron chi connectivity index (χ0n) is 8.42. The predicted octanol–water partition coefficient (Wildman–Crippen LogP) is 3.05. The summed E-state index contributed by atoms with van der Waals surface area (Å²) >= 11 is 3.32. The molecule has 1 rings (SSSR count). The van der Waals surface area contributed by atoms with Gasteiger partial charge in [-0.15, -0.1) is 5.92 Å². The monoisotopic (exact) mass is 266 g/mol. The molecule has 3 heteroatoms. The fourth-order valence-corrected chi connectivity index (χ4v) is 1.36. The molecular weight excluding hydrogens is 256 g/mol. The van der Waals surface area contributed by atoms with Gasteiger partial charge in [0.2, 0.25) is 0 Å². The molecule has 0 radical (unpaired) electrons. The van der Waals surface area contributed by atoms with Gasteiger partial charge in [-0.25, -0.2) is 0 Å². The summed E-state index contributed by atoms with van der Waals surface area (Å²) in [5.74, 6) is 6.31. The highest BCUT2D eigenvalue weighted by Gasteiger charge is 2.02. The van der Waals surface area contributed by atoms with Crippen molar-refractivity contribution >= 4 is 22.2 Å². The standard InChI is InChI=1S/C12H11BrO2/c1-2-3-4-7-15-12-8-11(13)6-5-10(12)9-14/h5-6,8-9H,2,7H2,1H3. The van der Waals surface area contributed by atoms with E-state index in [2.05, 4.69) is 27.8 Å². The first-order valence-electron chi connectivity index (χ1n) is 4.61. The van der Waals surface area contributed by atoms with Crippen LogP contribution in [-0.2, 0) is 0 Å². The Labute approximate surface area is 97.8 Å². The minimum Gasteiger partial charge on any atom is -0.480 e. The van der Waals surface area contributed by atoms with Gasteiger partial charge in [-0.1, -0.05) is 28.8 Å². The molecule has 0 N–H and O–H groups in total. The zero-order chi connectivity index (χ0) is 11.1. The Balaban J connectivity index is 2.74. The van der Waals surface area contributed by atoms with Gasteiger partial charge in [-0.05, 0) is 18.2 Å². The molecule has 15 heavy (non-hydrogen) atoms. The quantitative estimate of drug-likeness (QED) is 0.621. The number of rotatable bonds is 3. The minimum absolute atomic E-state index is 0.311. The Kier molecular flexibility index (Phi) is 4.92. The maximum absolute atomic E-state index is 10.7. The molecule has 0 bridgehead atoms. The molecule has 0 saturated carbocycles. The van der Waals surface area contributed by atoms with Crippen molar-refractivity contribution in [2.24, 2.45) is 0 Å². The molecule has 0 heterocycles. The van der Waals surface area contributed by atoms with Gasteiger partial charge < -0.3 is 4.74 Å². The molecule has 0 aliphatic rings. The van der Waals surface area contributed by atoms with Crippen molar-refractivity contribution in [2.75, 3.05) is 6.61 Å². The molecule has 78 valence electrons. The lowest BCUT2D eigenvalue weighted by Crippen LogP contribution is -1.97. The van der Waals surface area contributed by atoms with E-state index in [9.17, 15) is 4.79 Å². The molecule has 0 saturated heterocycles. The Morgan fingerprint density at radius 3 is 2.93 bits per heavy atom. The van der Waals surface area contributed by atoms with E-state index in [4.69, 9.17) is 4.74 Å². The summed E-state index contributed by atoms with van der Waals surface area (Å²) in [4.78, 5) is 10.7. The fourth-order valence-electron chi connectivity index (χ4n) is 1.02. The van der Waals surface area contributed by atoms with Crippen molar-refractivity contribution in [2.45, 2.75) is 13.3 Å². The molecule has 0 atom stereocenters. The highest BCUT2D eigenvalue weighted by atomic mass is 79.9.